The summed E-state index contributed by atoms with van der Waals surface area (Å²) >= 11 is 0. The molecule has 0 bridgehead atoms. The van der Waals surface area contributed by atoms with Gasteiger partial charge in [-0.2, -0.15) is 0 Å². The molecule has 0 radical (unpaired) electrons. The first-order chi connectivity index (χ1) is 13.5. The molecule has 9 nitrogen and oxygen atoms in total. The maximum atomic E-state index is 12.5. The number of amides is 1. The number of allylic oxidation sites excluding steroid dienone is 4. The lowest BCUT2D eigenvalue weighted by molar-refractivity contribution is -0.713. The van der Waals surface area contributed by atoms with Gasteiger partial charge < -0.3 is 19.6 Å². The molecule has 0 aromatic heterocycles. The molecule has 1 aliphatic carbocycles. The lowest BCUT2D eigenvalue weighted by Crippen LogP contribution is -2.47. The number of hydrogen-bond donors (Lipinski definition) is 3. The lowest BCUT2D eigenvalue weighted by Gasteiger charge is -2.31. The van der Waals surface area contributed by atoms with E-state index in [1.807, 2.05) is 13.1 Å². The number of benzene rings is 1. The van der Waals surface area contributed by atoms with Gasteiger partial charge >= 0.3 is 6.09 Å². The van der Waals surface area contributed by atoms with Gasteiger partial charge in [0.1, 0.15) is 5.75 Å². The number of hydrogen-bond acceptors (Lipinski definition) is 7. The van der Waals surface area contributed by atoms with Crippen molar-refractivity contribution in [3.8, 4) is 5.75 Å². The number of rotatable bonds is 4. The van der Waals surface area contributed by atoms with E-state index < -0.39 is 6.09 Å². The highest BCUT2D eigenvalue weighted by molar-refractivity contribution is 5.99. The number of likely N-dealkylation sites (N-methyl/N-ethyl adjacent to an activating group) is 1. The summed E-state index contributed by atoms with van der Waals surface area (Å²) in [5.74, 6) is 0.158. The molecule has 1 amide bonds. The average Bonchev–Trinajstić information content (AvgIpc) is 2.70. The van der Waals surface area contributed by atoms with Gasteiger partial charge in [0.2, 0.25) is 5.76 Å². The Morgan fingerprint density at radius 3 is 2.71 bits per heavy atom. The predicted octanol–water partition coefficient (Wildman–Crippen LogP) is 2.07. The largest absolute Gasteiger partial charge is 0.505 e. The van der Waals surface area contributed by atoms with Crippen molar-refractivity contribution < 1.29 is 29.4 Å². The summed E-state index contributed by atoms with van der Waals surface area (Å²) in [7, 11) is 3.41. The van der Waals surface area contributed by atoms with Gasteiger partial charge in [-0.05, 0) is 19.2 Å². The molecule has 2 aliphatic rings. The van der Waals surface area contributed by atoms with Crippen LogP contribution >= 0.6 is 0 Å². The van der Waals surface area contributed by atoms with E-state index in [0.717, 1.165) is 17.8 Å². The molecule has 28 heavy (non-hydrogen) atoms. The van der Waals surface area contributed by atoms with Crippen molar-refractivity contribution >= 4 is 23.2 Å². The Morgan fingerprint density at radius 1 is 1.25 bits per heavy atom. The van der Waals surface area contributed by atoms with E-state index in [1.54, 1.807) is 29.2 Å². The van der Waals surface area contributed by atoms with Crippen LogP contribution in [0.3, 0.4) is 0 Å². The third kappa shape index (κ3) is 4.26. The van der Waals surface area contributed by atoms with E-state index in [2.05, 4.69) is 10.4 Å². The van der Waals surface area contributed by atoms with E-state index in [0.29, 0.717) is 25.2 Å². The fraction of sp³-hybridized carbons (Fsp3) is 0.368. The van der Waals surface area contributed by atoms with Gasteiger partial charge in [-0.1, -0.05) is 18.2 Å². The molecule has 3 N–H and O–H groups in total. The number of carbonyl (C=O) groups is 1. The number of ether oxygens (including phenoxy) is 1. The highest BCUT2D eigenvalue weighted by Gasteiger charge is 2.31. The number of phenolic OH excluding ortho intramolecular Hbond substituents is 1. The molecular formula is C19H25N4O5+. The Hall–Kier alpha value is -3.04. The second kappa shape index (κ2) is 8.77. The van der Waals surface area contributed by atoms with Gasteiger partial charge in [0.15, 0.2) is 5.69 Å². The molecule has 1 aromatic rings. The van der Waals surface area contributed by atoms with Crippen LogP contribution in [-0.2, 0) is 9.57 Å². The van der Waals surface area contributed by atoms with Gasteiger partial charge in [0.05, 0.1) is 13.5 Å². The van der Waals surface area contributed by atoms with Gasteiger partial charge in [-0.3, -0.25) is 15.5 Å². The Labute approximate surface area is 163 Å². The van der Waals surface area contributed by atoms with E-state index in [9.17, 15) is 15.1 Å². The van der Waals surface area contributed by atoms with Crippen LogP contribution in [0.25, 0.3) is 0 Å². The summed E-state index contributed by atoms with van der Waals surface area (Å²) in [6, 6.07) is 4.66. The fourth-order valence-corrected chi connectivity index (χ4v) is 3.02. The van der Waals surface area contributed by atoms with Crippen LogP contribution < -0.4 is 5.48 Å². The molecule has 1 heterocycles. The highest BCUT2D eigenvalue weighted by atomic mass is 16.6. The predicted molar refractivity (Wildman–Crippen MR) is 103 cm³/mol. The van der Waals surface area contributed by atoms with Crippen LogP contribution in [0.2, 0.25) is 0 Å². The molecule has 0 unspecified atom stereocenters. The molecule has 1 aliphatic heterocycles. The maximum Gasteiger partial charge on any atom is 0.415 e. The Bertz CT molecular complexity index is 826. The quantitative estimate of drug-likeness (QED) is 0.314. The van der Waals surface area contributed by atoms with Gasteiger partial charge in [-0.15, -0.1) is 0 Å². The smallest absolute Gasteiger partial charge is 0.415 e. The number of anilines is 1. The summed E-state index contributed by atoms with van der Waals surface area (Å²) in [6.45, 7) is 2.74. The first-order valence-corrected chi connectivity index (χ1v) is 8.99. The van der Waals surface area contributed by atoms with E-state index >= 15 is 0 Å². The lowest BCUT2D eigenvalue weighted by atomic mass is 10.1. The summed E-state index contributed by atoms with van der Waals surface area (Å²) in [6.07, 6.45) is 5.12. The minimum absolute atomic E-state index is 0.0923. The molecule has 9 heteroatoms. The summed E-state index contributed by atoms with van der Waals surface area (Å²) in [5, 5.41) is 20.9. The number of para-hydroxylation sites is 1. The second-order valence-corrected chi connectivity index (χ2v) is 6.56. The normalized spacial score (nSPS) is 19.2. The summed E-state index contributed by atoms with van der Waals surface area (Å²) < 4.78 is 6.46. The van der Waals surface area contributed by atoms with Crippen LogP contribution in [0.15, 0.2) is 42.2 Å². The molecule has 0 atom stereocenters. The number of piperazine rings is 1. The first kappa shape index (κ1) is 19.7. The van der Waals surface area contributed by atoms with E-state index in [-0.39, 0.29) is 22.9 Å². The SMILES string of the molecule is CONc1c(O)cccc1/[N+](O)=C1\CC=CC=C1OC(=O)N1CCN(C)CC1. The van der Waals surface area contributed by atoms with Crippen molar-refractivity contribution in [3.63, 3.8) is 0 Å². The van der Waals surface area contributed by atoms with Crippen molar-refractivity contribution in [3.05, 3.63) is 42.2 Å². The summed E-state index contributed by atoms with van der Waals surface area (Å²) in [5.41, 5.74) is 3.37. The van der Waals surface area contributed by atoms with Crippen molar-refractivity contribution in [1.29, 1.82) is 0 Å². The van der Waals surface area contributed by atoms with Crippen LogP contribution in [-0.4, -0.2) is 77.0 Å². The van der Waals surface area contributed by atoms with Gasteiger partial charge in [0, 0.05) is 37.0 Å². The monoisotopic (exact) mass is 389 g/mol. The first-order valence-electron chi connectivity index (χ1n) is 8.99. The third-order valence-corrected chi connectivity index (χ3v) is 4.65. The maximum absolute atomic E-state index is 12.5. The molecule has 150 valence electrons. The molecule has 1 fully saturated rings. The van der Waals surface area contributed by atoms with Crippen molar-refractivity contribution in [2.45, 2.75) is 6.42 Å². The van der Waals surface area contributed by atoms with Crippen molar-refractivity contribution in [1.82, 2.24) is 9.80 Å². The van der Waals surface area contributed by atoms with E-state index in [1.165, 1.54) is 13.2 Å². The number of nitrogens with zero attached hydrogens (tertiary/aromatic N) is 3. The topological polar surface area (TPSA) is 97.5 Å². The van der Waals surface area contributed by atoms with Crippen LogP contribution in [0.4, 0.5) is 16.2 Å². The standard InChI is InChI=1S/C19H24N4O5/c1-21-10-12-22(13-11-21)19(25)28-17-9-4-3-6-14(17)23(26)15-7-5-8-16(24)18(15)20-27-2/h3-5,7-9,20H,6,10-13H2,1-2H3,(H-,24,26)/p+1/b23-14-. The minimum Gasteiger partial charge on any atom is -0.505 e. The molecule has 1 aromatic carbocycles. The Kier molecular flexibility index (Phi) is 6.17. The Balaban J connectivity index is 1.86. The average molecular weight is 389 g/mol. The van der Waals surface area contributed by atoms with Crippen molar-refractivity contribution in [2.75, 3.05) is 45.8 Å². The molecule has 1 saturated heterocycles. The number of nitrogens with one attached hydrogen (secondary N) is 1. The molecule has 0 spiro atoms. The number of phenols is 1. The number of carbonyl (C=O) groups excluding carboxylic acids is 1. The number of aromatic hydroxyl groups is 1. The molecule has 0 saturated carbocycles. The molecular weight excluding hydrogens is 364 g/mol. The summed E-state index contributed by atoms with van der Waals surface area (Å²) in [4.78, 5) is 21.2. The van der Waals surface area contributed by atoms with Crippen LogP contribution in [0, 0.1) is 0 Å². The molecule has 3 rings (SSSR count). The van der Waals surface area contributed by atoms with Crippen LogP contribution in [0.5, 0.6) is 5.75 Å². The van der Waals surface area contributed by atoms with Crippen molar-refractivity contribution in [2.24, 2.45) is 0 Å². The van der Waals surface area contributed by atoms with Crippen LogP contribution in [0.1, 0.15) is 6.42 Å². The zero-order chi connectivity index (χ0) is 20.1. The zero-order valence-corrected chi connectivity index (χ0v) is 16.0. The minimum atomic E-state index is -0.452. The highest BCUT2D eigenvalue weighted by Crippen LogP contribution is 2.33. The zero-order valence-electron chi connectivity index (χ0n) is 16.0. The van der Waals surface area contributed by atoms with Gasteiger partial charge in [0.25, 0.3) is 11.4 Å². The second-order valence-electron chi connectivity index (χ2n) is 6.56. The Morgan fingerprint density at radius 2 is 2.00 bits per heavy atom. The third-order valence-electron chi connectivity index (χ3n) is 4.65. The fourth-order valence-electron chi connectivity index (χ4n) is 3.02. The van der Waals surface area contributed by atoms with Gasteiger partial charge in [-0.25, -0.2) is 4.79 Å². The van der Waals surface area contributed by atoms with E-state index in [4.69, 9.17) is 9.57 Å².